The molecule has 1 aromatic rings. The molecule has 1 aromatic carbocycles. The van der Waals surface area contributed by atoms with Crippen molar-refractivity contribution < 1.29 is 14.8 Å². The largest absolute Gasteiger partial charge is 0.298 e. The van der Waals surface area contributed by atoms with Crippen LogP contribution in [0.15, 0.2) is 12.1 Å². The Labute approximate surface area is 93.1 Å². The number of hydrogen-bond acceptors (Lipinski definition) is 6. The second-order valence-corrected chi connectivity index (χ2v) is 2.77. The molecule has 0 radical (unpaired) electrons. The molecule has 0 fully saturated rings. The van der Waals surface area contributed by atoms with E-state index in [2.05, 4.69) is 0 Å². The van der Waals surface area contributed by atoms with Crippen LogP contribution in [-0.4, -0.2) is 14.8 Å². The maximum Gasteiger partial charge on any atom is 0.298 e. The molecule has 0 saturated heterocycles. The zero-order valence-corrected chi connectivity index (χ0v) is 8.02. The van der Waals surface area contributed by atoms with Gasteiger partial charge in [0.2, 0.25) is 0 Å². The summed E-state index contributed by atoms with van der Waals surface area (Å²) in [7, 11) is 0. The number of benzene rings is 1. The molecule has 0 spiro atoms. The fourth-order valence-electron chi connectivity index (χ4n) is 1.14. The first kappa shape index (κ1) is 12.1. The van der Waals surface area contributed by atoms with Gasteiger partial charge in [0.05, 0.1) is 26.9 Å². The van der Waals surface area contributed by atoms with Crippen LogP contribution in [0.4, 0.5) is 17.1 Å². The number of terminal acetylenes is 1. The topological polar surface area (TPSA) is 129 Å². The Morgan fingerprint density at radius 2 is 1.35 bits per heavy atom. The molecule has 0 unspecified atom stereocenters. The van der Waals surface area contributed by atoms with Gasteiger partial charge in [-0.2, -0.15) is 0 Å². The maximum atomic E-state index is 10.6. The summed E-state index contributed by atoms with van der Waals surface area (Å²) in [5.41, 5.74) is -3.03. The predicted octanol–water partition coefficient (Wildman–Crippen LogP) is 1.39. The van der Waals surface area contributed by atoms with E-state index in [0.717, 1.165) is 0 Å². The average molecular weight is 237 g/mol. The first-order valence-electron chi connectivity index (χ1n) is 3.96. The smallest absolute Gasteiger partial charge is 0.258 e. The standard InChI is InChI=1S/C8H3N3O6/c1-2-6-7(10(14)15)3-5(9(12)13)4-8(6)11(16)17/h1,3-4H. The zero-order valence-electron chi connectivity index (χ0n) is 8.02. The molecule has 0 N–H and O–H groups in total. The van der Waals surface area contributed by atoms with Crippen molar-refractivity contribution in [1.82, 2.24) is 0 Å². The van der Waals surface area contributed by atoms with Gasteiger partial charge in [-0.1, -0.05) is 5.92 Å². The summed E-state index contributed by atoms with van der Waals surface area (Å²) in [6, 6.07) is 1.17. The Morgan fingerprint density at radius 1 is 0.941 bits per heavy atom. The lowest BCUT2D eigenvalue weighted by molar-refractivity contribution is -0.403. The Bertz CT molecular complexity index is 538. The van der Waals surface area contributed by atoms with Crippen LogP contribution in [0.1, 0.15) is 5.56 Å². The van der Waals surface area contributed by atoms with Crippen LogP contribution in [0.25, 0.3) is 0 Å². The highest BCUT2D eigenvalue weighted by Gasteiger charge is 2.29. The molecule has 0 aliphatic carbocycles. The first-order chi connectivity index (χ1) is 7.88. The molecule has 0 amide bonds. The molecule has 9 nitrogen and oxygen atoms in total. The number of hydrogen-bond donors (Lipinski definition) is 0. The van der Waals surface area contributed by atoms with Crippen molar-refractivity contribution in [3.63, 3.8) is 0 Å². The molecule has 1 rings (SSSR count). The van der Waals surface area contributed by atoms with Crippen LogP contribution in [0, 0.1) is 42.7 Å². The van der Waals surface area contributed by atoms with Crippen LogP contribution in [0.5, 0.6) is 0 Å². The van der Waals surface area contributed by atoms with E-state index in [-0.39, 0.29) is 0 Å². The number of nitro benzene ring substituents is 3. The lowest BCUT2D eigenvalue weighted by Gasteiger charge is -1.98. The van der Waals surface area contributed by atoms with Crippen molar-refractivity contribution >= 4 is 17.1 Å². The van der Waals surface area contributed by atoms with Crippen molar-refractivity contribution in [2.75, 3.05) is 0 Å². The van der Waals surface area contributed by atoms with Crippen LogP contribution < -0.4 is 0 Å². The number of rotatable bonds is 3. The summed E-state index contributed by atoms with van der Waals surface area (Å²) in [6.45, 7) is 0. The lowest BCUT2D eigenvalue weighted by atomic mass is 10.1. The number of nitro groups is 3. The monoisotopic (exact) mass is 237 g/mol. The Balaban J connectivity index is 3.71. The van der Waals surface area contributed by atoms with Crippen LogP contribution in [-0.2, 0) is 0 Å². The molecule has 0 heterocycles. The van der Waals surface area contributed by atoms with Crippen molar-refractivity contribution in [2.24, 2.45) is 0 Å². The van der Waals surface area contributed by atoms with Gasteiger partial charge in [0.1, 0.15) is 0 Å². The van der Waals surface area contributed by atoms with Crippen molar-refractivity contribution in [3.05, 3.63) is 48.0 Å². The highest BCUT2D eigenvalue weighted by atomic mass is 16.6. The molecule has 0 saturated carbocycles. The van der Waals surface area contributed by atoms with Crippen LogP contribution in [0.2, 0.25) is 0 Å². The number of non-ortho nitro benzene ring substituents is 1. The fraction of sp³-hybridized carbons (Fsp3) is 0. The summed E-state index contributed by atoms with van der Waals surface area (Å²) in [5.74, 6) is 1.79. The van der Waals surface area contributed by atoms with Crippen LogP contribution >= 0.6 is 0 Å². The van der Waals surface area contributed by atoms with E-state index in [1.807, 2.05) is 0 Å². The van der Waals surface area contributed by atoms with E-state index in [0.29, 0.717) is 12.1 Å². The first-order valence-corrected chi connectivity index (χ1v) is 3.96. The quantitative estimate of drug-likeness (QED) is 0.443. The molecule has 0 aliphatic rings. The molecule has 9 heteroatoms. The Kier molecular flexibility index (Phi) is 3.00. The summed E-state index contributed by atoms with van der Waals surface area (Å²) in [6.07, 6.45) is 4.92. The highest BCUT2D eigenvalue weighted by Crippen LogP contribution is 2.32. The second-order valence-electron chi connectivity index (χ2n) is 2.77. The van der Waals surface area contributed by atoms with Crippen molar-refractivity contribution in [1.29, 1.82) is 0 Å². The minimum atomic E-state index is -1.00. The average Bonchev–Trinajstić information content (AvgIpc) is 2.26. The molecule has 0 aromatic heterocycles. The number of nitrogens with zero attached hydrogens (tertiary/aromatic N) is 3. The van der Waals surface area contributed by atoms with Gasteiger partial charge in [0.25, 0.3) is 17.1 Å². The van der Waals surface area contributed by atoms with E-state index < -0.39 is 37.4 Å². The summed E-state index contributed by atoms with van der Waals surface area (Å²) >= 11 is 0. The van der Waals surface area contributed by atoms with Gasteiger partial charge in [-0.15, -0.1) is 6.42 Å². The molecule has 86 valence electrons. The zero-order chi connectivity index (χ0) is 13.2. The Hall–Kier alpha value is -3.02. The van der Waals surface area contributed by atoms with E-state index >= 15 is 0 Å². The molecule has 17 heavy (non-hydrogen) atoms. The summed E-state index contributed by atoms with van der Waals surface area (Å²) in [5, 5.41) is 31.6. The van der Waals surface area contributed by atoms with Gasteiger partial charge in [-0.3, -0.25) is 30.3 Å². The van der Waals surface area contributed by atoms with E-state index in [1.165, 1.54) is 0 Å². The highest BCUT2D eigenvalue weighted by molar-refractivity contribution is 5.66. The van der Waals surface area contributed by atoms with Gasteiger partial charge >= 0.3 is 0 Å². The Morgan fingerprint density at radius 3 is 1.59 bits per heavy atom. The third-order valence-electron chi connectivity index (χ3n) is 1.83. The van der Waals surface area contributed by atoms with Gasteiger partial charge < -0.3 is 0 Å². The second kappa shape index (κ2) is 4.23. The minimum Gasteiger partial charge on any atom is -0.258 e. The third-order valence-corrected chi connectivity index (χ3v) is 1.83. The van der Waals surface area contributed by atoms with Gasteiger partial charge in [0.15, 0.2) is 5.56 Å². The molecular formula is C8H3N3O6. The van der Waals surface area contributed by atoms with Crippen molar-refractivity contribution in [3.8, 4) is 12.3 Å². The molecular weight excluding hydrogens is 234 g/mol. The van der Waals surface area contributed by atoms with Gasteiger partial charge in [-0.05, 0) is 0 Å². The fourth-order valence-corrected chi connectivity index (χ4v) is 1.14. The summed E-state index contributed by atoms with van der Waals surface area (Å²) < 4.78 is 0. The predicted molar refractivity (Wildman–Crippen MR) is 54.3 cm³/mol. The molecule has 0 atom stereocenters. The minimum absolute atomic E-state index is 0.586. The van der Waals surface area contributed by atoms with E-state index in [4.69, 9.17) is 6.42 Å². The lowest BCUT2D eigenvalue weighted by Crippen LogP contribution is -2.00. The van der Waals surface area contributed by atoms with Gasteiger partial charge in [0, 0.05) is 0 Å². The van der Waals surface area contributed by atoms with Crippen LogP contribution in [0.3, 0.4) is 0 Å². The molecule has 0 bridgehead atoms. The normalized spacial score (nSPS) is 9.35. The SMILES string of the molecule is C#Cc1c([N+](=O)[O-])cc([N+](=O)[O-])cc1[N+](=O)[O-]. The van der Waals surface area contributed by atoms with Gasteiger partial charge in [-0.25, -0.2) is 0 Å². The van der Waals surface area contributed by atoms with E-state index in [9.17, 15) is 30.3 Å². The maximum absolute atomic E-state index is 10.6. The molecule has 0 aliphatic heterocycles. The van der Waals surface area contributed by atoms with Crippen molar-refractivity contribution in [2.45, 2.75) is 0 Å². The third kappa shape index (κ3) is 2.15. The summed E-state index contributed by atoms with van der Waals surface area (Å²) in [4.78, 5) is 28.7. The van der Waals surface area contributed by atoms with E-state index in [1.54, 1.807) is 5.92 Å².